The summed E-state index contributed by atoms with van der Waals surface area (Å²) < 4.78 is 0. The van der Waals surface area contributed by atoms with Gasteiger partial charge < -0.3 is 10.0 Å². The lowest BCUT2D eigenvalue weighted by Gasteiger charge is -2.20. The highest BCUT2D eigenvalue weighted by Gasteiger charge is 2.27. The summed E-state index contributed by atoms with van der Waals surface area (Å²) in [6.45, 7) is 2.31. The summed E-state index contributed by atoms with van der Waals surface area (Å²) in [5.41, 5.74) is 0. The number of carbonyl (C=O) groups is 1. The highest BCUT2D eigenvalue weighted by atomic mass is 35.5. The number of hydrogen-bond acceptors (Lipinski definition) is 3. The minimum absolute atomic E-state index is 0.446. The van der Waals surface area contributed by atoms with E-state index in [4.69, 9.17) is 16.7 Å². The SMILES string of the molecule is CN(C)C1CCN(CC(Cl)C(=O)O)C1. The van der Waals surface area contributed by atoms with Crippen LogP contribution in [0.1, 0.15) is 6.42 Å². The van der Waals surface area contributed by atoms with Gasteiger partial charge in [-0.1, -0.05) is 0 Å². The molecule has 1 fully saturated rings. The quantitative estimate of drug-likeness (QED) is 0.693. The molecular weight excluding hydrogens is 204 g/mol. The molecule has 0 bridgehead atoms. The van der Waals surface area contributed by atoms with E-state index in [1.807, 2.05) is 14.1 Å². The van der Waals surface area contributed by atoms with Crippen LogP contribution in [0.15, 0.2) is 0 Å². The number of carboxylic acids is 1. The second-order valence-electron chi connectivity index (χ2n) is 3.97. The molecule has 4 nitrogen and oxygen atoms in total. The molecule has 1 aliphatic heterocycles. The Kier molecular flexibility index (Phi) is 4.16. The van der Waals surface area contributed by atoms with Crippen LogP contribution in [-0.4, -0.2) is 66.0 Å². The highest BCUT2D eigenvalue weighted by molar-refractivity contribution is 6.29. The Labute approximate surface area is 89.4 Å². The summed E-state index contributed by atoms with van der Waals surface area (Å²) in [7, 11) is 4.09. The third-order valence-corrected chi connectivity index (χ3v) is 2.99. The van der Waals surface area contributed by atoms with Crippen molar-refractivity contribution in [3.63, 3.8) is 0 Å². The molecule has 0 aliphatic carbocycles. The molecule has 2 unspecified atom stereocenters. The van der Waals surface area contributed by atoms with Crippen molar-refractivity contribution in [1.29, 1.82) is 0 Å². The predicted molar refractivity (Wildman–Crippen MR) is 55.8 cm³/mol. The van der Waals surface area contributed by atoms with Crippen LogP contribution in [0.2, 0.25) is 0 Å². The Hall–Kier alpha value is -0.320. The third kappa shape index (κ3) is 3.12. The summed E-state index contributed by atoms with van der Waals surface area (Å²) in [6, 6.07) is 0.535. The fourth-order valence-electron chi connectivity index (χ4n) is 1.70. The van der Waals surface area contributed by atoms with Crippen LogP contribution in [0.25, 0.3) is 0 Å². The number of rotatable bonds is 4. The molecule has 1 rings (SSSR count). The van der Waals surface area contributed by atoms with Crippen LogP contribution in [0, 0.1) is 0 Å². The molecule has 0 saturated carbocycles. The summed E-state index contributed by atoms with van der Waals surface area (Å²) in [4.78, 5) is 14.8. The van der Waals surface area contributed by atoms with Crippen molar-refractivity contribution in [2.24, 2.45) is 0 Å². The van der Waals surface area contributed by atoms with Gasteiger partial charge in [-0.25, -0.2) is 0 Å². The molecule has 1 heterocycles. The van der Waals surface area contributed by atoms with Gasteiger partial charge in [0.25, 0.3) is 0 Å². The molecule has 2 atom stereocenters. The molecule has 0 aromatic heterocycles. The first-order valence-electron chi connectivity index (χ1n) is 4.76. The highest BCUT2D eigenvalue weighted by Crippen LogP contribution is 2.14. The van der Waals surface area contributed by atoms with Gasteiger partial charge >= 0.3 is 5.97 Å². The molecule has 0 amide bonds. The maximum atomic E-state index is 10.5. The van der Waals surface area contributed by atoms with Crippen molar-refractivity contribution >= 4 is 17.6 Å². The van der Waals surface area contributed by atoms with E-state index in [1.54, 1.807) is 0 Å². The van der Waals surface area contributed by atoms with Gasteiger partial charge in [-0.3, -0.25) is 9.69 Å². The molecule has 82 valence electrons. The van der Waals surface area contributed by atoms with Crippen molar-refractivity contribution < 1.29 is 9.90 Å². The summed E-state index contributed by atoms with van der Waals surface area (Å²) >= 11 is 5.67. The molecule has 14 heavy (non-hydrogen) atoms. The van der Waals surface area contributed by atoms with E-state index in [0.29, 0.717) is 12.6 Å². The van der Waals surface area contributed by atoms with Gasteiger partial charge in [0.15, 0.2) is 0 Å². The van der Waals surface area contributed by atoms with Crippen molar-refractivity contribution in [3.05, 3.63) is 0 Å². The monoisotopic (exact) mass is 220 g/mol. The fourth-order valence-corrected chi connectivity index (χ4v) is 1.90. The van der Waals surface area contributed by atoms with Crippen LogP contribution in [0.3, 0.4) is 0 Å². The number of likely N-dealkylation sites (N-methyl/N-ethyl adjacent to an activating group) is 1. The summed E-state index contributed by atoms with van der Waals surface area (Å²) in [5, 5.41) is 7.87. The number of hydrogen-bond donors (Lipinski definition) is 1. The first kappa shape index (κ1) is 11.8. The van der Waals surface area contributed by atoms with Gasteiger partial charge in [0.1, 0.15) is 5.38 Å². The largest absolute Gasteiger partial charge is 0.480 e. The second-order valence-corrected chi connectivity index (χ2v) is 4.50. The molecular formula is C9H17ClN2O2. The standard InChI is InChI=1S/C9H17ClN2O2/c1-11(2)7-3-4-12(5-7)6-8(10)9(13)14/h7-8H,3-6H2,1-2H3,(H,13,14). The van der Waals surface area contributed by atoms with E-state index in [1.165, 1.54) is 0 Å². The summed E-state index contributed by atoms with van der Waals surface area (Å²) in [5.74, 6) is -0.931. The molecule has 5 heteroatoms. The molecule has 1 N–H and O–H groups in total. The van der Waals surface area contributed by atoms with Gasteiger partial charge in [-0.15, -0.1) is 11.6 Å². The Balaban J connectivity index is 2.32. The van der Waals surface area contributed by atoms with E-state index < -0.39 is 11.3 Å². The van der Waals surface area contributed by atoms with Crippen molar-refractivity contribution in [2.45, 2.75) is 17.8 Å². The maximum Gasteiger partial charge on any atom is 0.322 e. The zero-order valence-electron chi connectivity index (χ0n) is 8.61. The van der Waals surface area contributed by atoms with Crippen LogP contribution in [-0.2, 0) is 4.79 Å². The van der Waals surface area contributed by atoms with E-state index in [9.17, 15) is 4.79 Å². The average molecular weight is 221 g/mol. The number of halogens is 1. The normalized spacial score (nSPS) is 25.6. The molecule has 0 aromatic rings. The first-order valence-corrected chi connectivity index (χ1v) is 5.20. The van der Waals surface area contributed by atoms with Crippen LogP contribution < -0.4 is 0 Å². The number of likely N-dealkylation sites (tertiary alicyclic amines) is 1. The molecule has 0 spiro atoms. The van der Waals surface area contributed by atoms with Crippen LogP contribution in [0.5, 0.6) is 0 Å². The Morgan fingerprint density at radius 3 is 2.79 bits per heavy atom. The lowest BCUT2D eigenvalue weighted by molar-refractivity contribution is -0.136. The Morgan fingerprint density at radius 1 is 1.71 bits per heavy atom. The van der Waals surface area contributed by atoms with E-state index in [2.05, 4.69) is 9.80 Å². The van der Waals surface area contributed by atoms with Gasteiger partial charge in [-0.2, -0.15) is 0 Å². The number of alkyl halides is 1. The first-order chi connectivity index (χ1) is 6.50. The van der Waals surface area contributed by atoms with E-state index in [0.717, 1.165) is 19.5 Å². The van der Waals surface area contributed by atoms with Crippen molar-refractivity contribution in [2.75, 3.05) is 33.7 Å². The van der Waals surface area contributed by atoms with E-state index in [-0.39, 0.29) is 0 Å². The van der Waals surface area contributed by atoms with Crippen molar-refractivity contribution in [1.82, 2.24) is 9.80 Å². The van der Waals surface area contributed by atoms with Gasteiger partial charge in [0.2, 0.25) is 0 Å². The zero-order chi connectivity index (χ0) is 10.7. The zero-order valence-corrected chi connectivity index (χ0v) is 9.37. The Morgan fingerprint density at radius 2 is 2.36 bits per heavy atom. The molecule has 0 aromatic carbocycles. The van der Waals surface area contributed by atoms with Gasteiger partial charge in [-0.05, 0) is 27.1 Å². The summed E-state index contributed by atoms with van der Waals surface area (Å²) in [6.07, 6.45) is 1.09. The van der Waals surface area contributed by atoms with E-state index >= 15 is 0 Å². The topological polar surface area (TPSA) is 43.8 Å². The third-order valence-electron chi connectivity index (χ3n) is 2.66. The maximum absolute atomic E-state index is 10.5. The number of carboxylic acid groups (broad SMARTS) is 1. The average Bonchev–Trinajstić information content (AvgIpc) is 2.52. The fraction of sp³-hybridized carbons (Fsp3) is 0.889. The smallest absolute Gasteiger partial charge is 0.322 e. The van der Waals surface area contributed by atoms with Crippen molar-refractivity contribution in [3.8, 4) is 0 Å². The number of aliphatic carboxylic acids is 1. The predicted octanol–water partition coefficient (Wildman–Crippen LogP) is 0.314. The molecule has 1 saturated heterocycles. The number of nitrogens with zero attached hydrogens (tertiary/aromatic N) is 2. The van der Waals surface area contributed by atoms with Crippen LogP contribution in [0.4, 0.5) is 0 Å². The van der Waals surface area contributed by atoms with Crippen LogP contribution >= 0.6 is 11.6 Å². The lowest BCUT2D eigenvalue weighted by atomic mass is 10.2. The van der Waals surface area contributed by atoms with Gasteiger partial charge in [0.05, 0.1) is 0 Å². The second kappa shape index (κ2) is 4.96. The molecule has 1 aliphatic rings. The Bertz CT molecular complexity index is 211. The lowest BCUT2D eigenvalue weighted by Crippen LogP contribution is -2.35. The minimum Gasteiger partial charge on any atom is -0.480 e. The molecule has 0 radical (unpaired) electrons. The minimum atomic E-state index is -0.931. The van der Waals surface area contributed by atoms with Gasteiger partial charge in [0, 0.05) is 19.1 Å².